The van der Waals surface area contributed by atoms with Gasteiger partial charge < -0.3 is 5.32 Å². The number of fused-ring (bicyclic) bond motifs is 4. The zero-order valence-electron chi connectivity index (χ0n) is 18.6. The number of amides is 1. The van der Waals surface area contributed by atoms with E-state index >= 15 is 0 Å². The van der Waals surface area contributed by atoms with E-state index < -0.39 is 16.4 Å². The van der Waals surface area contributed by atoms with Crippen LogP contribution in [0.3, 0.4) is 0 Å². The Morgan fingerprint density at radius 3 is 2.69 bits per heavy atom. The molecule has 8 nitrogen and oxygen atoms in total. The quantitative estimate of drug-likeness (QED) is 0.328. The molecule has 4 atom stereocenters. The van der Waals surface area contributed by atoms with Gasteiger partial charge in [0.1, 0.15) is 11.2 Å². The highest BCUT2D eigenvalue weighted by molar-refractivity contribution is 6.31. The molecule has 3 aliphatic heterocycles. The Bertz CT molecular complexity index is 1360. The summed E-state index contributed by atoms with van der Waals surface area (Å²) >= 11 is 6.40. The fourth-order valence-corrected chi connectivity index (χ4v) is 6.56. The Morgan fingerprint density at radius 1 is 1.17 bits per heavy atom. The molecular formula is C26H21ClN4O4. The molecule has 0 saturated carbocycles. The van der Waals surface area contributed by atoms with E-state index in [0.29, 0.717) is 22.8 Å². The van der Waals surface area contributed by atoms with E-state index in [9.17, 15) is 19.7 Å². The molecule has 2 saturated heterocycles. The standard InChI is InChI=1S/C26H21ClN4O4/c27-16-8-11-19-18(14-16)26(25(33)29-19)23(24(32)20-4-1-2-12-28-20)22(21-5-3-13-30(21)26)15-6-9-17(10-7-15)31(34)35/h1-2,4,6-12,14,21-23H,3,5,13H2,(H,29,33)/t21?,22?,23?,26-/m1/s1. The summed E-state index contributed by atoms with van der Waals surface area (Å²) in [6.07, 6.45) is 3.25. The molecule has 9 heteroatoms. The maximum absolute atomic E-state index is 14.2. The Morgan fingerprint density at radius 2 is 1.97 bits per heavy atom. The van der Waals surface area contributed by atoms with Crippen molar-refractivity contribution in [3.63, 3.8) is 0 Å². The highest BCUT2D eigenvalue weighted by Crippen LogP contribution is 2.61. The first-order valence-electron chi connectivity index (χ1n) is 11.5. The normalized spacial score (nSPS) is 27.0. The molecule has 1 amide bonds. The van der Waals surface area contributed by atoms with Gasteiger partial charge in [-0.3, -0.25) is 29.6 Å². The third kappa shape index (κ3) is 3.06. The predicted molar refractivity (Wildman–Crippen MR) is 129 cm³/mol. The van der Waals surface area contributed by atoms with Crippen molar-refractivity contribution in [2.45, 2.75) is 30.3 Å². The molecule has 0 aliphatic carbocycles. The molecule has 3 unspecified atom stereocenters. The van der Waals surface area contributed by atoms with E-state index in [-0.39, 0.29) is 35.0 Å². The van der Waals surface area contributed by atoms with Crippen molar-refractivity contribution in [2.75, 3.05) is 11.9 Å². The fraction of sp³-hybridized carbons (Fsp3) is 0.269. The Balaban J connectivity index is 1.60. The summed E-state index contributed by atoms with van der Waals surface area (Å²) in [4.78, 5) is 45.4. The largest absolute Gasteiger partial charge is 0.324 e. The van der Waals surface area contributed by atoms with Crippen molar-refractivity contribution >= 4 is 34.7 Å². The van der Waals surface area contributed by atoms with Gasteiger partial charge in [-0.25, -0.2) is 0 Å². The van der Waals surface area contributed by atoms with Crippen LogP contribution in [0.2, 0.25) is 5.02 Å². The summed E-state index contributed by atoms with van der Waals surface area (Å²) in [5.41, 5.74) is 1.15. The molecule has 3 aliphatic rings. The predicted octanol–water partition coefficient (Wildman–Crippen LogP) is 4.55. The summed E-state index contributed by atoms with van der Waals surface area (Å²) in [5, 5.41) is 14.7. The van der Waals surface area contributed by atoms with E-state index in [1.165, 1.54) is 12.1 Å². The molecule has 0 bridgehead atoms. The molecule has 35 heavy (non-hydrogen) atoms. The maximum atomic E-state index is 14.2. The SMILES string of the molecule is O=C(c1ccccn1)C1C(c2ccc([N+](=O)[O-])cc2)C2CCCN2[C@@]12C(=O)Nc1ccc(Cl)cc12. The van der Waals surface area contributed by atoms with Gasteiger partial charge in [-0.1, -0.05) is 29.8 Å². The van der Waals surface area contributed by atoms with Crippen LogP contribution in [0.15, 0.2) is 66.9 Å². The van der Waals surface area contributed by atoms with Gasteiger partial charge in [0.15, 0.2) is 5.78 Å². The highest BCUT2D eigenvalue weighted by atomic mass is 35.5. The first-order chi connectivity index (χ1) is 16.9. The molecule has 3 aromatic rings. The van der Waals surface area contributed by atoms with Gasteiger partial charge >= 0.3 is 0 Å². The van der Waals surface area contributed by atoms with Crippen molar-refractivity contribution in [3.8, 4) is 0 Å². The van der Waals surface area contributed by atoms with E-state index in [0.717, 1.165) is 18.4 Å². The number of carbonyl (C=O) groups excluding carboxylic acids is 2. The first-order valence-corrected chi connectivity index (χ1v) is 11.9. The van der Waals surface area contributed by atoms with Crippen LogP contribution >= 0.6 is 11.6 Å². The number of halogens is 1. The van der Waals surface area contributed by atoms with E-state index in [4.69, 9.17) is 11.6 Å². The molecule has 4 heterocycles. The van der Waals surface area contributed by atoms with Gasteiger partial charge in [0.05, 0.1) is 10.8 Å². The summed E-state index contributed by atoms with van der Waals surface area (Å²) in [5.74, 6) is -1.63. The zero-order chi connectivity index (χ0) is 24.3. The molecule has 0 radical (unpaired) electrons. The number of hydrogen-bond acceptors (Lipinski definition) is 6. The van der Waals surface area contributed by atoms with Crippen LogP contribution in [0, 0.1) is 16.0 Å². The number of hydrogen-bond donors (Lipinski definition) is 1. The van der Waals surface area contributed by atoms with Crippen LogP contribution < -0.4 is 5.32 Å². The van der Waals surface area contributed by atoms with Crippen LogP contribution in [0.1, 0.15) is 40.4 Å². The van der Waals surface area contributed by atoms with Crippen LogP contribution in [0.5, 0.6) is 0 Å². The van der Waals surface area contributed by atoms with Crippen LogP contribution in [0.25, 0.3) is 0 Å². The third-order valence-corrected chi connectivity index (χ3v) is 7.89. The molecule has 1 aromatic heterocycles. The number of Topliss-reactive ketones (excluding diaryl/α,β-unsaturated/α-hetero) is 1. The summed E-state index contributed by atoms with van der Waals surface area (Å²) < 4.78 is 0. The van der Waals surface area contributed by atoms with Gasteiger partial charge in [0.2, 0.25) is 5.91 Å². The Hall–Kier alpha value is -3.62. The fourth-order valence-electron chi connectivity index (χ4n) is 6.39. The lowest BCUT2D eigenvalue weighted by molar-refractivity contribution is -0.384. The number of aromatic nitrogens is 1. The van der Waals surface area contributed by atoms with Gasteiger partial charge in [0, 0.05) is 46.6 Å². The minimum atomic E-state index is -1.25. The number of non-ortho nitro benzene ring substituents is 1. The molecule has 176 valence electrons. The minimum Gasteiger partial charge on any atom is -0.324 e. The molecule has 2 aromatic carbocycles. The van der Waals surface area contributed by atoms with Crippen molar-refractivity contribution in [3.05, 3.63) is 98.8 Å². The number of nitro benzene ring substituents is 1. The van der Waals surface area contributed by atoms with Crippen molar-refractivity contribution in [1.82, 2.24) is 9.88 Å². The Kier molecular flexibility index (Phi) is 4.98. The van der Waals surface area contributed by atoms with E-state index in [1.54, 1.807) is 54.7 Å². The number of anilines is 1. The summed E-state index contributed by atoms with van der Waals surface area (Å²) in [7, 11) is 0. The van der Waals surface area contributed by atoms with Crippen molar-refractivity contribution in [2.24, 2.45) is 5.92 Å². The number of benzene rings is 2. The second kappa shape index (κ2) is 7.96. The average Bonchev–Trinajstić information content (AvgIpc) is 3.53. The number of nitrogens with one attached hydrogen (secondary N) is 1. The number of pyridine rings is 1. The third-order valence-electron chi connectivity index (χ3n) is 7.65. The maximum Gasteiger partial charge on any atom is 0.269 e. The van der Waals surface area contributed by atoms with Gasteiger partial charge in [-0.05, 0) is 55.3 Å². The van der Waals surface area contributed by atoms with Crippen LogP contribution in [-0.4, -0.2) is 39.1 Å². The molecule has 6 rings (SSSR count). The average molecular weight is 489 g/mol. The van der Waals surface area contributed by atoms with E-state index in [1.807, 2.05) is 0 Å². The lowest BCUT2D eigenvalue weighted by Crippen LogP contribution is -2.53. The number of nitro groups is 1. The van der Waals surface area contributed by atoms with Crippen LogP contribution in [0.4, 0.5) is 11.4 Å². The number of nitrogens with zero attached hydrogens (tertiary/aromatic N) is 3. The first kappa shape index (κ1) is 21.9. The van der Waals surface area contributed by atoms with E-state index in [2.05, 4.69) is 15.2 Å². The monoisotopic (exact) mass is 488 g/mol. The summed E-state index contributed by atoms with van der Waals surface area (Å²) in [6, 6.07) is 16.7. The van der Waals surface area contributed by atoms with Crippen LogP contribution in [-0.2, 0) is 10.3 Å². The second-order valence-corrected chi connectivity index (χ2v) is 9.68. The van der Waals surface area contributed by atoms with Gasteiger partial charge in [-0.2, -0.15) is 0 Å². The number of carbonyl (C=O) groups is 2. The molecule has 1 N–H and O–H groups in total. The molecular weight excluding hydrogens is 468 g/mol. The lowest BCUT2D eigenvalue weighted by Gasteiger charge is -2.36. The highest BCUT2D eigenvalue weighted by Gasteiger charge is 2.69. The molecule has 1 spiro atoms. The number of rotatable bonds is 4. The number of ketones is 1. The van der Waals surface area contributed by atoms with Crippen molar-refractivity contribution < 1.29 is 14.5 Å². The van der Waals surface area contributed by atoms with Gasteiger partial charge in [-0.15, -0.1) is 0 Å². The second-order valence-electron chi connectivity index (χ2n) is 9.24. The topological polar surface area (TPSA) is 105 Å². The lowest BCUT2D eigenvalue weighted by atomic mass is 9.69. The van der Waals surface area contributed by atoms with Gasteiger partial charge in [0.25, 0.3) is 5.69 Å². The molecule has 2 fully saturated rings. The Labute approximate surface area is 206 Å². The smallest absolute Gasteiger partial charge is 0.269 e. The zero-order valence-corrected chi connectivity index (χ0v) is 19.3. The van der Waals surface area contributed by atoms with Crippen molar-refractivity contribution in [1.29, 1.82) is 0 Å². The summed E-state index contributed by atoms with van der Waals surface area (Å²) in [6.45, 7) is 0.652. The minimum absolute atomic E-state index is 0.0203.